The summed E-state index contributed by atoms with van der Waals surface area (Å²) >= 11 is 5.96. The van der Waals surface area contributed by atoms with Crippen molar-refractivity contribution in [3.63, 3.8) is 0 Å². The molecule has 3 amide bonds. The molecule has 9 nitrogen and oxygen atoms in total. The van der Waals surface area contributed by atoms with Crippen LogP contribution >= 0.6 is 11.6 Å². The van der Waals surface area contributed by atoms with Crippen molar-refractivity contribution < 1.29 is 27.5 Å². The molecule has 1 saturated carbocycles. The number of nitrogens with one attached hydrogen (secondary N) is 1. The minimum Gasteiger partial charge on any atom is -0.495 e. The molecule has 1 N–H and O–H groups in total. The molecule has 4 rings (SSSR count). The zero-order valence-electron chi connectivity index (χ0n) is 17.3. The summed E-state index contributed by atoms with van der Waals surface area (Å²) in [7, 11) is -1.12. The maximum absolute atomic E-state index is 12.8. The fraction of sp³-hybridized carbons (Fsp3) is 0.286. The zero-order valence-corrected chi connectivity index (χ0v) is 18.9. The first-order valence-corrected chi connectivity index (χ1v) is 11.6. The van der Waals surface area contributed by atoms with Crippen molar-refractivity contribution in [1.82, 2.24) is 9.21 Å². The van der Waals surface area contributed by atoms with Gasteiger partial charge in [0.25, 0.3) is 21.8 Å². The summed E-state index contributed by atoms with van der Waals surface area (Å²) in [6.07, 6.45) is 1.28. The van der Waals surface area contributed by atoms with E-state index < -0.39 is 27.7 Å². The van der Waals surface area contributed by atoms with E-state index in [1.54, 1.807) is 12.1 Å². The van der Waals surface area contributed by atoms with Crippen molar-refractivity contribution in [3.8, 4) is 5.75 Å². The predicted octanol–water partition coefficient (Wildman–Crippen LogP) is 2.37. The van der Waals surface area contributed by atoms with Crippen LogP contribution in [0.1, 0.15) is 33.6 Å². The monoisotopic (exact) mass is 477 g/mol. The van der Waals surface area contributed by atoms with Gasteiger partial charge in [-0.1, -0.05) is 11.6 Å². The second-order valence-corrected chi connectivity index (χ2v) is 9.82. The van der Waals surface area contributed by atoms with Crippen LogP contribution in [-0.2, 0) is 14.8 Å². The summed E-state index contributed by atoms with van der Waals surface area (Å²) in [6.45, 7) is -0.300. The molecule has 0 saturated heterocycles. The summed E-state index contributed by atoms with van der Waals surface area (Å²) in [4.78, 5) is 38.7. The van der Waals surface area contributed by atoms with Crippen LogP contribution in [0.3, 0.4) is 0 Å². The fourth-order valence-corrected chi connectivity index (χ4v) is 5.54. The molecule has 0 spiro atoms. The first-order valence-electron chi connectivity index (χ1n) is 9.75. The van der Waals surface area contributed by atoms with E-state index in [1.807, 2.05) is 0 Å². The molecule has 2 aliphatic rings. The van der Waals surface area contributed by atoms with E-state index in [1.165, 1.54) is 38.4 Å². The molecule has 2 aromatic carbocycles. The number of hydrogen-bond acceptors (Lipinski definition) is 6. The number of halogens is 1. The lowest BCUT2D eigenvalue weighted by Gasteiger charge is -2.18. The van der Waals surface area contributed by atoms with E-state index >= 15 is 0 Å². The van der Waals surface area contributed by atoms with E-state index in [4.69, 9.17) is 16.3 Å². The first kappa shape index (κ1) is 22.1. The quantitative estimate of drug-likeness (QED) is 0.683. The summed E-state index contributed by atoms with van der Waals surface area (Å²) in [5, 5.41) is 3.04. The highest BCUT2D eigenvalue weighted by Crippen LogP contribution is 2.39. The smallest absolute Gasteiger partial charge is 0.269 e. The Balaban J connectivity index is 1.50. The highest BCUT2D eigenvalue weighted by Gasteiger charge is 2.48. The number of fused-ring (bicyclic) bond motifs is 1. The average Bonchev–Trinajstić information content (AvgIpc) is 3.54. The van der Waals surface area contributed by atoms with Crippen LogP contribution in [0.5, 0.6) is 5.75 Å². The normalized spacial score (nSPS) is 16.5. The topological polar surface area (TPSA) is 113 Å². The molecule has 0 aromatic heterocycles. The number of benzene rings is 2. The maximum atomic E-state index is 12.8. The zero-order chi connectivity index (χ0) is 23.2. The molecule has 0 radical (unpaired) electrons. The highest BCUT2D eigenvalue weighted by atomic mass is 35.5. The van der Waals surface area contributed by atoms with Crippen LogP contribution in [0.25, 0.3) is 0 Å². The fourth-order valence-electron chi connectivity index (χ4n) is 3.53. The van der Waals surface area contributed by atoms with Crippen LogP contribution in [-0.4, -0.2) is 62.1 Å². The third-order valence-electron chi connectivity index (χ3n) is 5.24. The van der Waals surface area contributed by atoms with Crippen LogP contribution in [0.15, 0.2) is 41.3 Å². The molecule has 11 heteroatoms. The Morgan fingerprint density at radius 2 is 1.94 bits per heavy atom. The van der Waals surface area contributed by atoms with Crippen LogP contribution in [0.4, 0.5) is 5.69 Å². The molecule has 2 aromatic rings. The van der Waals surface area contributed by atoms with Crippen molar-refractivity contribution in [2.45, 2.75) is 23.8 Å². The second-order valence-electron chi connectivity index (χ2n) is 7.60. The van der Waals surface area contributed by atoms with Gasteiger partial charge >= 0.3 is 0 Å². The first-order chi connectivity index (χ1) is 15.1. The number of amides is 3. The Hall–Kier alpha value is -3.11. The van der Waals surface area contributed by atoms with E-state index in [0.717, 1.165) is 9.21 Å². The summed E-state index contributed by atoms with van der Waals surface area (Å²) in [6, 6.07) is 8.35. The van der Waals surface area contributed by atoms with Gasteiger partial charge < -0.3 is 15.0 Å². The molecule has 168 valence electrons. The molecular weight excluding hydrogens is 458 g/mol. The predicted molar refractivity (Wildman–Crippen MR) is 116 cm³/mol. The average molecular weight is 478 g/mol. The summed E-state index contributed by atoms with van der Waals surface area (Å²) in [5.74, 6) is -1.21. The SMILES string of the molecule is COc1ccc(Cl)cc1NC(=O)CN(C)C(=O)c1ccc2c(c1)S(=O)(=O)N(C1CC1)C2=O. The number of sulfonamides is 1. The van der Waals surface area contributed by atoms with Gasteiger partial charge in [-0.25, -0.2) is 12.7 Å². The molecule has 0 bridgehead atoms. The molecule has 0 unspecified atom stereocenters. The van der Waals surface area contributed by atoms with Crippen LogP contribution in [0.2, 0.25) is 5.02 Å². The van der Waals surface area contributed by atoms with Gasteiger partial charge in [0.05, 0.1) is 24.9 Å². The van der Waals surface area contributed by atoms with Gasteiger partial charge in [0, 0.05) is 23.7 Å². The number of likely N-dealkylation sites (N-methyl/N-ethyl adjacent to an activating group) is 1. The molecule has 32 heavy (non-hydrogen) atoms. The van der Waals surface area contributed by atoms with Crippen LogP contribution < -0.4 is 10.1 Å². The standard InChI is InChI=1S/C21H20ClN3O6S/c1-24(11-19(26)23-16-10-13(22)4-8-17(16)31-2)20(27)12-3-7-15-18(9-12)32(29,30)25(21(15)28)14-5-6-14/h3-4,7-10,14H,5-6,11H2,1-2H3,(H,23,26). The number of nitrogens with zero attached hydrogens (tertiary/aromatic N) is 2. The van der Waals surface area contributed by atoms with Crippen molar-refractivity contribution in [1.29, 1.82) is 0 Å². The van der Waals surface area contributed by atoms with Gasteiger partial charge in [-0.15, -0.1) is 0 Å². The van der Waals surface area contributed by atoms with E-state index in [9.17, 15) is 22.8 Å². The van der Waals surface area contributed by atoms with Crippen molar-refractivity contribution in [2.75, 3.05) is 26.0 Å². The van der Waals surface area contributed by atoms with E-state index in [-0.39, 0.29) is 28.6 Å². The molecule has 0 atom stereocenters. The minimum absolute atomic E-state index is 0.0573. The van der Waals surface area contributed by atoms with Gasteiger partial charge in [-0.3, -0.25) is 14.4 Å². The molecule has 1 aliphatic carbocycles. The van der Waals surface area contributed by atoms with E-state index in [0.29, 0.717) is 29.3 Å². The van der Waals surface area contributed by atoms with Crippen molar-refractivity contribution >= 4 is 45.0 Å². The largest absolute Gasteiger partial charge is 0.495 e. The number of carbonyl (C=O) groups is 3. The number of anilines is 1. The van der Waals surface area contributed by atoms with Gasteiger partial charge in [0.15, 0.2) is 0 Å². The third-order valence-corrected chi connectivity index (χ3v) is 7.35. The second kappa shape index (κ2) is 8.10. The van der Waals surface area contributed by atoms with Gasteiger partial charge in [0.2, 0.25) is 5.91 Å². The molecular formula is C21H20ClN3O6S. The van der Waals surface area contributed by atoms with Crippen molar-refractivity contribution in [2.24, 2.45) is 0 Å². The highest BCUT2D eigenvalue weighted by molar-refractivity contribution is 7.90. The lowest BCUT2D eigenvalue weighted by atomic mass is 10.1. The van der Waals surface area contributed by atoms with Crippen molar-refractivity contribution in [3.05, 3.63) is 52.5 Å². The Bertz CT molecular complexity index is 1240. The number of rotatable bonds is 6. The van der Waals surface area contributed by atoms with Crippen LogP contribution in [0, 0.1) is 0 Å². The Kier molecular flexibility index (Phi) is 5.59. The van der Waals surface area contributed by atoms with Gasteiger partial charge in [0.1, 0.15) is 10.6 Å². The summed E-state index contributed by atoms with van der Waals surface area (Å²) < 4.78 is 31.7. The Labute approximate surface area is 189 Å². The van der Waals surface area contributed by atoms with Gasteiger partial charge in [-0.05, 0) is 49.2 Å². The summed E-state index contributed by atoms with van der Waals surface area (Å²) in [5.41, 5.74) is 0.475. The lowest BCUT2D eigenvalue weighted by Crippen LogP contribution is -2.35. The Morgan fingerprint density at radius 1 is 1.22 bits per heavy atom. The number of carbonyl (C=O) groups excluding carboxylic acids is 3. The minimum atomic E-state index is -3.98. The number of hydrogen-bond donors (Lipinski definition) is 1. The van der Waals surface area contributed by atoms with E-state index in [2.05, 4.69) is 5.32 Å². The number of ether oxygens (including phenoxy) is 1. The molecule has 1 aliphatic heterocycles. The number of methoxy groups -OCH3 is 1. The third kappa shape index (κ3) is 3.91. The lowest BCUT2D eigenvalue weighted by molar-refractivity contribution is -0.116. The van der Waals surface area contributed by atoms with Gasteiger partial charge in [-0.2, -0.15) is 0 Å². The maximum Gasteiger partial charge on any atom is 0.269 e. The Morgan fingerprint density at radius 3 is 2.59 bits per heavy atom. The molecule has 1 heterocycles. The molecule has 1 fully saturated rings.